The minimum atomic E-state index is -0.130. The van der Waals surface area contributed by atoms with E-state index in [1.165, 1.54) is 6.42 Å². The van der Waals surface area contributed by atoms with Gasteiger partial charge in [0.15, 0.2) is 0 Å². The summed E-state index contributed by atoms with van der Waals surface area (Å²) in [5.74, 6) is 0.472. The summed E-state index contributed by atoms with van der Waals surface area (Å²) in [7, 11) is 0. The highest BCUT2D eigenvalue weighted by Gasteiger charge is 2.05. The van der Waals surface area contributed by atoms with E-state index in [1.54, 1.807) is 0 Å². The van der Waals surface area contributed by atoms with Crippen molar-refractivity contribution in [3.63, 3.8) is 0 Å². The van der Waals surface area contributed by atoms with Gasteiger partial charge in [-0.2, -0.15) is 0 Å². The standard InChI is InChI=1S/C7H16O/c1-4-5-6(2)7(3)8/h6-8H,4-5H2,1-3H3. The van der Waals surface area contributed by atoms with Crippen LogP contribution in [-0.2, 0) is 0 Å². The van der Waals surface area contributed by atoms with Crippen molar-refractivity contribution >= 4 is 0 Å². The van der Waals surface area contributed by atoms with Crippen LogP contribution < -0.4 is 0 Å². The first-order chi connectivity index (χ1) is 3.68. The van der Waals surface area contributed by atoms with E-state index < -0.39 is 0 Å². The molecule has 0 rings (SSSR count). The molecule has 0 aliphatic rings. The predicted octanol–water partition coefficient (Wildman–Crippen LogP) is 1.80. The van der Waals surface area contributed by atoms with Gasteiger partial charge in [0.25, 0.3) is 0 Å². The topological polar surface area (TPSA) is 20.2 Å². The van der Waals surface area contributed by atoms with E-state index in [2.05, 4.69) is 13.8 Å². The number of aliphatic hydroxyl groups excluding tert-OH is 1. The molecule has 2 atom stereocenters. The van der Waals surface area contributed by atoms with Crippen LogP contribution in [0.2, 0.25) is 0 Å². The molecule has 0 saturated carbocycles. The summed E-state index contributed by atoms with van der Waals surface area (Å²) in [5.41, 5.74) is 0. The molecule has 1 N–H and O–H groups in total. The van der Waals surface area contributed by atoms with E-state index >= 15 is 0 Å². The van der Waals surface area contributed by atoms with Gasteiger partial charge in [-0.05, 0) is 19.3 Å². The smallest absolute Gasteiger partial charge is 0.0537 e. The fourth-order valence-electron chi connectivity index (χ4n) is 0.697. The van der Waals surface area contributed by atoms with E-state index in [9.17, 15) is 0 Å². The van der Waals surface area contributed by atoms with Gasteiger partial charge < -0.3 is 5.11 Å². The van der Waals surface area contributed by atoms with Crippen molar-refractivity contribution in [3.05, 3.63) is 0 Å². The quantitative estimate of drug-likeness (QED) is 0.596. The maximum atomic E-state index is 8.95. The third-order valence-corrected chi connectivity index (χ3v) is 1.57. The second kappa shape index (κ2) is 3.90. The lowest BCUT2D eigenvalue weighted by Crippen LogP contribution is -2.11. The van der Waals surface area contributed by atoms with Crippen LogP contribution in [0, 0.1) is 5.92 Å². The first kappa shape index (κ1) is 7.96. The lowest BCUT2D eigenvalue weighted by molar-refractivity contribution is 0.129. The van der Waals surface area contributed by atoms with Gasteiger partial charge in [-0.15, -0.1) is 0 Å². The molecule has 0 radical (unpaired) electrons. The second-order valence-corrected chi connectivity index (χ2v) is 2.51. The molecule has 0 aliphatic carbocycles. The molecule has 0 amide bonds. The van der Waals surface area contributed by atoms with Crippen molar-refractivity contribution in [2.45, 2.75) is 39.7 Å². The fraction of sp³-hybridized carbons (Fsp3) is 1.00. The Labute approximate surface area is 51.7 Å². The molecule has 0 aromatic rings. The normalized spacial score (nSPS) is 18.0. The third kappa shape index (κ3) is 3.03. The number of hydrogen-bond acceptors (Lipinski definition) is 1. The average Bonchev–Trinajstić information content (AvgIpc) is 1.67. The van der Waals surface area contributed by atoms with Gasteiger partial charge >= 0.3 is 0 Å². The Morgan fingerprint density at radius 3 is 2.00 bits per heavy atom. The molecular weight excluding hydrogens is 100 g/mol. The zero-order valence-electron chi connectivity index (χ0n) is 6.02. The number of hydrogen-bond donors (Lipinski definition) is 1. The van der Waals surface area contributed by atoms with Crippen LogP contribution in [-0.4, -0.2) is 11.2 Å². The Bertz CT molecular complexity index is 50.3. The van der Waals surface area contributed by atoms with Gasteiger partial charge in [-0.3, -0.25) is 0 Å². The summed E-state index contributed by atoms with van der Waals surface area (Å²) >= 11 is 0. The Morgan fingerprint density at radius 1 is 1.38 bits per heavy atom. The predicted molar refractivity (Wildman–Crippen MR) is 35.8 cm³/mol. The van der Waals surface area contributed by atoms with Crippen molar-refractivity contribution in [3.8, 4) is 0 Å². The van der Waals surface area contributed by atoms with Crippen LogP contribution in [0.15, 0.2) is 0 Å². The van der Waals surface area contributed by atoms with Crippen LogP contribution in [0.5, 0.6) is 0 Å². The molecule has 50 valence electrons. The maximum Gasteiger partial charge on any atom is 0.0537 e. The fourth-order valence-corrected chi connectivity index (χ4v) is 0.697. The summed E-state index contributed by atoms with van der Waals surface area (Å²) in [4.78, 5) is 0. The molecule has 0 saturated heterocycles. The number of rotatable bonds is 3. The zero-order chi connectivity index (χ0) is 6.57. The zero-order valence-corrected chi connectivity index (χ0v) is 6.02. The summed E-state index contributed by atoms with van der Waals surface area (Å²) in [5, 5.41) is 8.95. The Hall–Kier alpha value is -0.0400. The average molecular weight is 116 g/mol. The summed E-state index contributed by atoms with van der Waals surface area (Å²) in [6.07, 6.45) is 2.18. The summed E-state index contributed by atoms with van der Waals surface area (Å²) in [6, 6.07) is 0. The van der Waals surface area contributed by atoms with Gasteiger partial charge in [0.05, 0.1) is 6.10 Å². The van der Waals surface area contributed by atoms with Gasteiger partial charge in [0.2, 0.25) is 0 Å². The minimum Gasteiger partial charge on any atom is -0.393 e. The molecule has 0 aromatic heterocycles. The second-order valence-electron chi connectivity index (χ2n) is 2.51. The molecule has 1 nitrogen and oxygen atoms in total. The molecule has 1 heteroatoms. The Balaban J connectivity index is 3.17. The van der Waals surface area contributed by atoms with Crippen molar-refractivity contribution in [2.75, 3.05) is 0 Å². The molecule has 0 aromatic carbocycles. The van der Waals surface area contributed by atoms with E-state index in [4.69, 9.17) is 5.11 Å². The SMILES string of the molecule is CCCC(C)C(C)O. The van der Waals surface area contributed by atoms with E-state index in [0.29, 0.717) is 5.92 Å². The molecule has 8 heavy (non-hydrogen) atoms. The molecule has 0 spiro atoms. The van der Waals surface area contributed by atoms with Crippen molar-refractivity contribution in [2.24, 2.45) is 5.92 Å². The molecule has 0 fully saturated rings. The van der Waals surface area contributed by atoms with Crippen LogP contribution in [0.25, 0.3) is 0 Å². The van der Waals surface area contributed by atoms with Gasteiger partial charge in [0, 0.05) is 0 Å². The van der Waals surface area contributed by atoms with E-state index in [-0.39, 0.29) is 6.10 Å². The highest BCUT2D eigenvalue weighted by atomic mass is 16.3. The highest BCUT2D eigenvalue weighted by Crippen LogP contribution is 2.08. The van der Waals surface area contributed by atoms with Gasteiger partial charge in [0.1, 0.15) is 0 Å². The van der Waals surface area contributed by atoms with Crippen molar-refractivity contribution in [1.29, 1.82) is 0 Å². The monoisotopic (exact) mass is 116 g/mol. The summed E-state index contributed by atoms with van der Waals surface area (Å²) in [6.45, 7) is 6.06. The number of aliphatic hydroxyl groups is 1. The van der Waals surface area contributed by atoms with E-state index in [1.807, 2.05) is 6.92 Å². The molecule has 0 bridgehead atoms. The highest BCUT2D eigenvalue weighted by molar-refractivity contribution is 4.56. The van der Waals surface area contributed by atoms with Crippen molar-refractivity contribution < 1.29 is 5.11 Å². The minimum absolute atomic E-state index is 0.130. The van der Waals surface area contributed by atoms with Gasteiger partial charge in [-0.1, -0.05) is 20.3 Å². The Morgan fingerprint density at radius 2 is 1.88 bits per heavy atom. The van der Waals surface area contributed by atoms with Crippen LogP contribution >= 0.6 is 0 Å². The molecule has 2 unspecified atom stereocenters. The van der Waals surface area contributed by atoms with Gasteiger partial charge in [-0.25, -0.2) is 0 Å². The first-order valence-electron chi connectivity index (χ1n) is 3.36. The lowest BCUT2D eigenvalue weighted by Gasteiger charge is -2.11. The van der Waals surface area contributed by atoms with E-state index in [0.717, 1.165) is 6.42 Å². The van der Waals surface area contributed by atoms with Crippen LogP contribution in [0.3, 0.4) is 0 Å². The maximum absolute atomic E-state index is 8.95. The third-order valence-electron chi connectivity index (χ3n) is 1.57. The summed E-state index contributed by atoms with van der Waals surface area (Å²) < 4.78 is 0. The van der Waals surface area contributed by atoms with Crippen molar-refractivity contribution in [1.82, 2.24) is 0 Å². The molecular formula is C7H16O. The largest absolute Gasteiger partial charge is 0.393 e. The molecule has 0 aliphatic heterocycles. The van der Waals surface area contributed by atoms with Crippen LogP contribution in [0.4, 0.5) is 0 Å². The first-order valence-corrected chi connectivity index (χ1v) is 3.36. The van der Waals surface area contributed by atoms with Crippen LogP contribution in [0.1, 0.15) is 33.6 Å². The Kier molecular flexibility index (Phi) is 3.88. The lowest BCUT2D eigenvalue weighted by atomic mass is 10.0. The molecule has 0 heterocycles.